The van der Waals surface area contributed by atoms with Crippen molar-refractivity contribution in [2.45, 2.75) is 33.3 Å². The average Bonchev–Trinajstić information content (AvgIpc) is 1.97. The summed E-state index contributed by atoms with van der Waals surface area (Å²) in [6.45, 7) is 8.07. The summed E-state index contributed by atoms with van der Waals surface area (Å²) in [4.78, 5) is 10.9. The van der Waals surface area contributed by atoms with Crippen LogP contribution in [0.2, 0.25) is 0 Å². The Bertz CT molecular complexity index is 146. The first kappa shape index (κ1) is 11.4. The normalized spacial score (nSPS) is 14.1. The summed E-state index contributed by atoms with van der Waals surface area (Å²) in [5.41, 5.74) is -0.192. The Morgan fingerprint density at radius 1 is 1.42 bits per heavy atom. The summed E-state index contributed by atoms with van der Waals surface area (Å²) in [5, 5.41) is 0. The predicted octanol–water partition coefficient (Wildman–Crippen LogP) is 1.61. The van der Waals surface area contributed by atoms with Crippen LogP contribution in [0.15, 0.2) is 0 Å². The molecule has 1 atom stereocenters. The van der Waals surface area contributed by atoms with Crippen molar-refractivity contribution < 1.29 is 14.3 Å². The molecule has 0 unspecified atom stereocenters. The lowest BCUT2D eigenvalue weighted by atomic mass is 10.1. The smallest absolute Gasteiger partial charge is 0.310 e. The lowest BCUT2D eigenvalue weighted by Gasteiger charge is -2.21. The maximum absolute atomic E-state index is 10.9. The summed E-state index contributed by atoms with van der Waals surface area (Å²) in [6, 6.07) is 0. The van der Waals surface area contributed by atoms with Crippen LogP contribution in [0, 0.1) is 5.92 Å². The van der Waals surface area contributed by atoms with Crippen molar-refractivity contribution in [1.82, 2.24) is 0 Å². The molecule has 12 heavy (non-hydrogen) atoms. The van der Waals surface area contributed by atoms with Gasteiger partial charge in [0.2, 0.25) is 0 Å². The number of rotatable bonds is 3. The van der Waals surface area contributed by atoms with Gasteiger partial charge in [-0.2, -0.15) is 0 Å². The fraction of sp³-hybridized carbons (Fsp3) is 0.889. The van der Waals surface area contributed by atoms with Crippen LogP contribution in [-0.2, 0) is 14.3 Å². The van der Waals surface area contributed by atoms with E-state index in [9.17, 15) is 4.79 Å². The topological polar surface area (TPSA) is 35.5 Å². The number of carbonyl (C=O) groups excluding carboxylic acids is 1. The van der Waals surface area contributed by atoms with E-state index in [4.69, 9.17) is 4.74 Å². The predicted molar refractivity (Wildman–Crippen MR) is 46.9 cm³/mol. The van der Waals surface area contributed by atoms with Crippen molar-refractivity contribution in [3.8, 4) is 0 Å². The molecule has 0 fully saturated rings. The molecule has 0 N–H and O–H groups in total. The molecule has 0 radical (unpaired) electrons. The summed E-state index contributed by atoms with van der Waals surface area (Å²) >= 11 is 0. The minimum atomic E-state index is -0.223. The molecule has 72 valence electrons. The van der Waals surface area contributed by atoms with Gasteiger partial charge < -0.3 is 9.47 Å². The van der Waals surface area contributed by atoms with E-state index < -0.39 is 0 Å². The number of esters is 1. The van der Waals surface area contributed by atoms with Crippen LogP contribution in [0.4, 0.5) is 0 Å². The molecule has 0 aromatic heterocycles. The van der Waals surface area contributed by atoms with Crippen molar-refractivity contribution in [1.29, 1.82) is 0 Å². The third-order valence-electron chi connectivity index (χ3n) is 1.37. The number of methoxy groups -OCH3 is 1. The van der Waals surface area contributed by atoms with Crippen LogP contribution in [0.1, 0.15) is 27.7 Å². The first-order valence-electron chi connectivity index (χ1n) is 4.08. The van der Waals surface area contributed by atoms with Crippen LogP contribution in [0.25, 0.3) is 0 Å². The molecule has 0 rings (SSSR count). The number of hydrogen-bond donors (Lipinski definition) is 0. The minimum Gasteiger partial charge on any atom is -0.469 e. The van der Waals surface area contributed by atoms with Gasteiger partial charge in [0.05, 0.1) is 25.2 Å². The van der Waals surface area contributed by atoms with Crippen LogP contribution < -0.4 is 0 Å². The molecule has 0 aliphatic carbocycles. The largest absolute Gasteiger partial charge is 0.469 e. The summed E-state index contributed by atoms with van der Waals surface area (Å²) in [6.07, 6.45) is 0. The van der Waals surface area contributed by atoms with Gasteiger partial charge in [-0.3, -0.25) is 4.79 Å². The van der Waals surface area contributed by atoms with Gasteiger partial charge in [-0.05, 0) is 27.7 Å². The monoisotopic (exact) mass is 174 g/mol. The minimum absolute atomic E-state index is 0.186. The Hall–Kier alpha value is -0.570. The van der Waals surface area contributed by atoms with E-state index in [0.717, 1.165) is 0 Å². The number of carbonyl (C=O) groups is 1. The van der Waals surface area contributed by atoms with Gasteiger partial charge in [-0.1, -0.05) is 0 Å². The van der Waals surface area contributed by atoms with Crippen molar-refractivity contribution in [2.75, 3.05) is 13.7 Å². The highest BCUT2D eigenvalue weighted by atomic mass is 16.5. The molecular weight excluding hydrogens is 156 g/mol. The zero-order valence-corrected chi connectivity index (χ0v) is 8.51. The Morgan fingerprint density at radius 2 is 1.92 bits per heavy atom. The van der Waals surface area contributed by atoms with Gasteiger partial charge in [0.1, 0.15) is 0 Å². The fourth-order valence-electron chi connectivity index (χ4n) is 0.644. The first-order chi connectivity index (χ1) is 5.37. The van der Waals surface area contributed by atoms with E-state index in [1.165, 1.54) is 7.11 Å². The molecule has 0 aliphatic rings. The lowest BCUT2D eigenvalue weighted by molar-refractivity contribution is -0.148. The van der Waals surface area contributed by atoms with Gasteiger partial charge in [0, 0.05) is 0 Å². The van der Waals surface area contributed by atoms with Gasteiger partial charge in [0.25, 0.3) is 0 Å². The molecule has 0 aromatic rings. The number of hydrogen-bond acceptors (Lipinski definition) is 3. The van der Waals surface area contributed by atoms with Crippen LogP contribution in [-0.4, -0.2) is 25.3 Å². The summed E-state index contributed by atoms with van der Waals surface area (Å²) in [7, 11) is 1.38. The van der Waals surface area contributed by atoms with E-state index >= 15 is 0 Å². The van der Waals surface area contributed by atoms with E-state index in [1.807, 2.05) is 20.8 Å². The molecule has 0 amide bonds. The molecule has 0 aliphatic heterocycles. The zero-order valence-electron chi connectivity index (χ0n) is 8.51. The maximum Gasteiger partial charge on any atom is 0.310 e. The van der Waals surface area contributed by atoms with Gasteiger partial charge in [-0.25, -0.2) is 0 Å². The highest BCUT2D eigenvalue weighted by molar-refractivity contribution is 5.71. The first-order valence-corrected chi connectivity index (χ1v) is 4.08. The van der Waals surface area contributed by atoms with Crippen molar-refractivity contribution >= 4 is 5.97 Å². The Balaban J connectivity index is 3.72. The second kappa shape index (κ2) is 4.45. The van der Waals surface area contributed by atoms with E-state index in [0.29, 0.717) is 6.61 Å². The molecule has 0 saturated heterocycles. The van der Waals surface area contributed by atoms with Gasteiger partial charge in [-0.15, -0.1) is 0 Å². The average molecular weight is 174 g/mol. The molecular formula is C9H18O3. The van der Waals surface area contributed by atoms with Crippen LogP contribution >= 0.6 is 0 Å². The lowest BCUT2D eigenvalue weighted by Crippen LogP contribution is -2.26. The Morgan fingerprint density at radius 3 is 2.25 bits per heavy atom. The number of ether oxygens (including phenoxy) is 2. The zero-order chi connectivity index (χ0) is 9.78. The van der Waals surface area contributed by atoms with Crippen molar-refractivity contribution in [3.63, 3.8) is 0 Å². The van der Waals surface area contributed by atoms with Gasteiger partial charge >= 0.3 is 5.97 Å². The summed E-state index contributed by atoms with van der Waals surface area (Å²) < 4.78 is 9.97. The van der Waals surface area contributed by atoms with E-state index in [-0.39, 0.29) is 17.5 Å². The molecule has 0 saturated carbocycles. The molecule has 3 nitrogen and oxygen atoms in total. The Labute approximate surface area is 74.0 Å². The molecule has 0 spiro atoms. The SMILES string of the molecule is COC(=O)[C@@H](C)COC(C)(C)C. The highest BCUT2D eigenvalue weighted by Gasteiger charge is 2.17. The van der Waals surface area contributed by atoms with Crippen molar-refractivity contribution in [2.24, 2.45) is 5.92 Å². The fourth-order valence-corrected chi connectivity index (χ4v) is 0.644. The quantitative estimate of drug-likeness (QED) is 0.610. The second-order valence-corrected chi connectivity index (χ2v) is 3.85. The molecule has 0 bridgehead atoms. The summed E-state index contributed by atoms with van der Waals surface area (Å²) in [5.74, 6) is -0.409. The van der Waals surface area contributed by atoms with E-state index in [1.54, 1.807) is 6.92 Å². The van der Waals surface area contributed by atoms with Crippen LogP contribution in [0.5, 0.6) is 0 Å². The maximum atomic E-state index is 10.9. The highest BCUT2D eigenvalue weighted by Crippen LogP contribution is 2.09. The molecule has 3 heteroatoms. The second-order valence-electron chi connectivity index (χ2n) is 3.85. The van der Waals surface area contributed by atoms with E-state index in [2.05, 4.69) is 4.74 Å². The van der Waals surface area contributed by atoms with Gasteiger partial charge in [0.15, 0.2) is 0 Å². The Kier molecular flexibility index (Phi) is 4.24. The standard InChI is InChI=1S/C9H18O3/c1-7(8(10)11-5)6-12-9(2,3)4/h7H,6H2,1-5H3/t7-/m0/s1. The third kappa shape index (κ3) is 5.13. The van der Waals surface area contributed by atoms with Crippen LogP contribution in [0.3, 0.4) is 0 Å². The van der Waals surface area contributed by atoms with Crippen molar-refractivity contribution in [3.05, 3.63) is 0 Å². The molecule has 0 heterocycles. The third-order valence-corrected chi connectivity index (χ3v) is 1.37. The molecule has 0 aromatic carbocycles.